The van der Waals surface area contributed by atoms with E-state index < -0.39 is 0 Å². The van der Waals surface area contributed by atoms with Gasteiger partial charge in [-0.05, 0) is 25.7 Å². The fourth-order valence-corrected chi connectivity index (χ4v) is 2.32. The molecular formula is C12H22N2O2S. The number of ether oxygens (including phenoxy) is 1. The van der Waals surface area contributed by atoms with E-state index in [0.29, 0.717) is 24.6 Å². The van der Waals surface area contributed by atoms with Gasteiger partial charge in [0.05, 0.1) is 24.1 Å². The molecule has 2 N–H and O–H groups in total. The Morgan fingerprint density at radius 3 is 2.88 bits per heavy atom. The molecule has 1 fully saturated rings. The van der Waals surface area contributed by atoms with Gasteiger partial charge in [-0.3, -0.25) is 4.79 Å². The molecule has 0 saturated carbocycles. The van der Waals surface area contributed by atoms with Crippen LogP contribution in [-0.4, -0.2) is 41.6 Å². The zero-order chi connectivity index (χ0) is 12.7. The van der Waals surface area contributed by atoms with Crippen LogP contribution in [0.25, 0.3) is 0 Å². The van der Waals surface area contributed by atoms with Crippen molar-refractivity contribution >= 4 is 23.1 Å². The van der Waals surface area contributed by atoms with Gasteiger partial charge in [-0.2, -0.15) is 0 Å². The van der Waals surface area contributed by atoms with Gasteiger partial charge in [0.1, 0.15) is 0 Å². The quantitative estimate of drug-likeness (QED) is 0.579. The van der Waals surface area contributed by atoms with Crippen molar-refractivity contribution < 1.29 is 9.53 Å². The second-order valence-electron chi connectivity index (χ2n) is 4.36. The molecule has 0 spiro atoms. The Morgan fingerprint density at radius 2 is 2.24 bits per heavy atom. The number of likely N-dealkylation sites (tertiary alicyclic amines) is 1. The van der Waals surface area contributed by atoms with E-state index in [1.165, 1.54) is 0 Å². The summed E-state index contributed by atoms with van der Waals surface area (Å²) < 4.78 is 5.33. The summed E-state index contributed by atoms with van der Waals surface area (Å²) in [5.74, 6) is 0.110. The van der Waals surface area contributed by atoms with Crippen LogP contribution in [0, 0.1) is 0 Å². The van der Waals surface area contributed by atoms with Crippen molar-refractivity contribution in [3.8, 4) is 0 Å². The lowest BCUT2D eigenvalue weighted by atomic mass is 10.0. The molecule has 1 aliphatic rings. The minimum absolute atomic E-state index is 0.0441. The van der Waals surface area contributed by atoms with E-state index in [1.807, 2.05) is 4.90 Å². The molecule has 0 aromatic rings. The lowest BCUT2D eigenvalue weighted by Gasteiger charge is -2.35. The van der Waals surface area contributed by atoms with Crippen molar-refractivity contribution in [2.75, 3.05) is 19.8 Å². The first kappa shape index (κ1) is 14.4. The van der Waals surface area contributed by atoms with Crippen LogP contribution >= 0.6 is 12.2 Å². The van der Waals surface area contributed by atoms with Crippen LogP contribution in [0.1, 0.15) is 39.0 Å². The highest BCUT2D eigenvalue weighted by atomic mass is 32.1. The first-order chi connectivity index (χ1) is 8.16. The number of nitrogens with two attached hydrogens (primary N) is 1. The van der Waals surface area contributed by atoms with Crippen molar-refractivity contribution in [3.05, 3.63) is 0 Å². The normalized spacial score (nSPS) is 20.3. The molecule has 1 saturated heterocycles. The lowest BCUT2D eigenvalue weighted by Crippen LogP contribution is -2.50. The number of rotatable bonds is 6. The van der Waals surface area contributed by atoms with Gasteiger partial charge in [-0.25, -0.2) is 0 Å². The van der Waals surface area contributed by atoms with E-state index >= 15 is 0 Å². The summed E-state index contributed by atoms with van der Waals surface area (Å²) in [4.78, 5) is 14.3. The molecule has 0 aromatic heterocycles. The molecule has 0 radical (unpaired) electrons. The van der Waals surface area contributed by atoms with Crippen LogP contribution in [0.5, 0.6) is 0 Å². The van der Waals surface area contributed by atoms with Crippen molar-refractivity contribution in [2.45, 2.75) is 45.1 Å². The van der Waals surface area contributed by atoms with Crippen LogP contribution in [0.3, 0.4) is 0 Å². The Labute approximate surface area is 108 Å². The molecule has 1 unspecified atom stereocenters. The first-order valence-corrected chi connectivity index (χ1v) is 6.74. The second kappa shape index (κ2) is 7.61. The van der Waals surface area contributed by atoms with Gasteiger partial charge in [0.25, 0.3) is 0 Å². The zero-order valence-corrected chi connectivity index (χ0v) is 11.3. The van der Waals surface area contributed by atoms with Crippen LogP contribution in [0.2, 0.25) is 0 Å². The maximum Gasteiger partial charge on any atom is 0.225 e. The predicted molar refractivity (Wildman–Crippen MR) is 71.9 cm³/mol. The largest absolute Gasteiger partial charge is 0.392 e. The molecule has 0 bridgehead atoms. The van der Waals surface area contributed by atoms with Gasteiger partial charge >= 0.3 is 0 Å². The van der Waals surface area contributed by atoms with Gasteiger partial charge in [-0.15, -0.1) is 0 Å². The molecule has 1 amide bonds. The second-order valence-corrected chi connectivity index (χ2v) is 4.83. The number of carbonyl (C=O) groups is 1. The third-order valence-electron chi connectivity index (χ3n) is 2.96. The SMILES string of the molecule is CCCOCCC(=O)N1CCCCC1C(N)=S. The Morgan fingerprint density at radius 1 is 1.47 bits per heavy atom. The minimum atomic E-state index is -0.0441. The fraction of sp³-hybridized carbons (Fsp3) is 0.833. The van der Waals surface area contributed by atoms with Gasteiger partial charge in [0.15, 0.2) is 0 Å². The maximum absolute atomic E-state index is 12.0. The number of amides is 1. The summed E-state index contributed by atoms with van der Waals surface area (Å²) in [7, 11) is 0. The van der Waals surface area contributed by atoms with Crippen LogP contribution < -0.4 is 5.73 Å². The molecule has 0 aliphatic carbocycles. The number of carbonyl (C=O) groups excluding carboxylic acids is 1. The van der Waals surface area contributed by atoms with Crippen molar-refractivity contribution in [2.24, 2.45) is 5.73 Å². The van der Waals surface area contributed by atoms with E-state index in [0.717, 1.165) is 32.2 Å². The van der Waals surface area contributed by atoms with E-state index in [4.69, 9.17) is 22.7 Å². The molecule has 4 nitrogen and oxygen atoms in total. The van der Waals surface area contributed by atoms with E-state index in [9.17, 15) is 4.79 Å². The van der Waals surface area contributed by atoms with Crippen LogP contribution in [0.15, 0.2) is 0 Å². The van der Waals surface area contributed by atoms with Crippen LogP contribution in [-0.2, 0) is 9.53 Å². The van der Waals surface area contributed by atoms with Crippen molar-refractivity contribution in [3.63, 3.8) is 0 Å². The Balaban J connectivity index is 2.39. The third-order valence-corrected chi connectivity index (χ3v) is 3.23. The average molecular weight is 258 g/mol. The van der Waals surface area contributed by atoms with E-state index in [2.05, 4.69) is 6.92 Å². The molecule has 98 valence electrons. The van der Waals surface area contributed by atoms with Gasteiger partial charge in [-0.1, -0.05) is 19.1 Å². The molecule has 5 heteroatoms. The Hall–Kier alpha value is -0.680. The van der Waals surface area contributed by atoms with Crippen molar-refractivity contribution in [1.82, 2.24) is 4.90 Å². The smallest absolute Gasteiger partial charge is 0.225 e. The standard InChI is InChI=1S/C12H22N2O2S/c1-2-8-16-9-6-11(15)14-7-4-3-5-10(14)12(13)17/h10H,2-9H2,1H3,(H2,13,17). The molecule has 1 aliphatic heterocycles. The highest BCUT2D eigenvalue weighted by Gasteiger charge is 2.27. The first-order valence-electron chi connectivity index (χ1n) is 6.33. The highest BCUT2D eigenvalue weighted by Crippen LogP contribution is 2.18. The monoisotopic (exact) mass is 258 g/mol. The number of hydrogen-bond donors (Lipinski definition) is 1. The zero-order valence-electron chi connectivity index (χ0n) is 10.5. The minimum Gasteiger partial charge on any atom is -0.392 e. The lowest BCUT2D eigenvalue weighted by molar-refractivity contribution is -0.134. The summed E-state index contributed by atoms with van der Waals surface area (Å²) >= 11 is 5.02. The summed E-state index contributed by atoms with van der Waals surface area (Å²) in [6, 6.07) is -0.0441. The van der Waals surface area contributed by atoms with E-state index in [-0.39, 0.29) is 11.9 Å². The van der Waals surface area contributed by atoms with Gasteiger partial charge in [0, 0.05) is 13.2 Å². The average Bonchev–Trinajstić information content (AvgIpc) is 2.34. The van der Waals surface area contributed by atoms with Gasteiger partial charge in [0.2, 0.25) is 5.91 Å². The number of nitrogens with zero attached hydrogens (tertiary/aromatic N) is 1. The molecule has 1 rings (SSSR count). The molecule has 17 heavy (non-hydrogen) atoms. The summed E-state index contributed by atoms with van der Waals surface area (Å²) in [6.45, 7) is 4.03. The maximum atomic E-state index is 12.0. The predicted octanol–water partition coefficient (Wildman–Crippen LogP) is 1.47. The van der Waals surface area contributed by atoms with Crippen molar-refractivity contribution in [1.29, 1.82) is 0 Å². The number of hydrogen-bond acceptors (Lipinski definition) is 3. The molecule has 1 heterocycles. The number of thiocarbonyl (C=S) groups is 1. The highest BCUT2D eigenvalue weighted by molar-refractivity contribution is 7.80. The van der Waals surface area contributed by atoms with Gasteiger partial charge < -0.3 is 15.4 Å². The molecule has 1 atom stereocenters. The molecular weight excluding hydrogens is 236 g/mol. The fourth-order valence-electron chi connectivity index (χ4n) is 2.08. The summed E-state index contributed by atoms with van der Waals surface area (Å²) in [5.41, 5.74) is 5.68. The Kier molecular flexibility index (Phi) is 6.44. The third kappa shape index (κ3) is 4.60. The number of piperidine rings is 1. The Bertz CT molecular complexity index is 271. The topological polar surface area (TPSA) is 55.6 Å². The summed E-state index contributed by atoms with van der Waals surface area (Å²) in [6.07, 6.45) is 4.45. The summed E-state index contributed by atoms with van der Waals surface area (Å²) in [5, 5.41) is 0. The molecule has 0 aromatic carbocycles. The van der Waals surface area contributed by atoms with Crippen LogP contribution in [0.4, 0.5) is 0 Å². The van der Waals surface area contributed by atoms with E-state index in [1.54, 1.807) is 0 Å².